The number of ether oxygens (including phenoxy) is 3. The average Bonchev–Trinajstić information content (AvgIpc) is 3.51. The van der Waals surface area contributed by atoms with Crippen LogP contribution < -0.4 is 24.8 Å². The molecule has 2 unspecified atom stereocenters. The predicted molar refractivity (Wildman–Crippen MR) is 106 cm³/mol. The third kappa shape index (κ3) is 4.54. The largest absolute Gasteiger partial charge is 0.497 e. The van der Waals surface area contributed by atoms with E-state index in [1.54, 1.807) is 49.6 Å². The van der Waals surface area contributed by atoms with Crippen LogP contribution in [0.1, 0.15) is 13.3 Å². The first-order chi connectivity index (χ1) is 13.5. The van der Waals surface area contributed by atoms with Crippen LogP contribution in [0.25, 0.3) is 0 Å². The van der Waals surface area contributed by atoms with Crippen LogP contribution >= 0.6 is 0 Å². The Morgan fingerprint density at radius 3 is 2.18 bits per heavy atom. The van der Waals surface area contributed by atoms with Crippen LogP contribution in [0.15, 0.2) is 42.5 Å². The van der Waals surface area contributed by atoms with Crippen molar-refractivity contribution in [2.45, 2.75) is 13.3 Å². The number of anilines is 2. The Hall–Kier alpha value is -3.22. The molecule has 7 nitrogen and oxygen atoms in total. The molecule has 2 atom stereocenters. The Labute approximate surface area is 164 Å². The lowest BCUT2D eigenvalue weighted by Gasteiger charge is -2.12. The summed E-state index contributed by atoms with van der Waals surface area (Å²) in [5.41, 5.74) is 1.19. The monoisotopic (exact) mass is 384 g/mol. The second kappa shape index (κ2) is 8.65. The lowest BCUT2D eigenvalue weighted by Crippen LogP contribution is -2.20. The normalized spacial score (nSPS) is 17.4. The number of hydrogen-bond acceptors (Lipinski definition) is 5. The van der Waals surface area contributed by atoms with Crippen molar-refractivity contribution in [3.63, 3.8) is 0 Å². The molecule has 2 aromatic rings. The molecule has 0 spiro atoms. The molecule has 1 aliphatic rings. The predicted octanol–water partition coefficient (Wildman–Crippen LogP) is 3.32. The molecule has 7 heteroatoms. The van der Waals surface area contributed by atoms with Crippen molar-refractivity contribution in [3.05, 3.63) is 42.5 Å². The van der Waals surface area contributed by atoms with E-state index in [4.69, 9.17) is 14.2 Å². The van der Waals surface area contributed by atoms with Crippen LogP contribution in [0.4, 0.5) is 11.4 Å². The molecule has 2 aromatic carbocycles. The van der Waals surface area contributed by atoms with Gasteiger partial charge in [-0.2, -0.15) is 0 Å². The number of rotatable bonds is 8. The van der Waals surface area contributed by atoms with Crippen LogP contribution in [-0.4, -0.2) is 32.6 Å². The Bertz CT molecular complexity index is 850. The van der Waals surface area contributed by atoms with Gasteiger partial charge in [-0.1, -0.05) is 0 Å². The molecular weight excluding hydrogens is 360 g/mol. The van der Waals surface area contributed by atoms with Crippen molar-refractivity contribution in [3.8, 4) is 17.2 Å². The van der Waals surface area contributed by atoms with E-state index in [-0.39, 0.29) is 23.7 Å². The lowest BCUT2D eigenvalue weighted by molar-refractivity contribution is -0.122. The molecule has 0 radical (unpaired) electrons. The van der Waals surface area contributed by atoms with Crippen molar-refractivity contribution >= 4 is 23.2 Å². The minimum Gasteiger partial charge on any atom is -0.497 e. The number of amides is 2. The van der Waals surface area contributed by atoms with Crippen molar-refractivity contribution in [1.29, 1.82) is 0 Å². The number of carbonyl (C=O) groups is 2. The van der Waals surface area contributed by atoms with Gasteiger partial charge in [0.05, 0.1) is 38.3 Å². The fourth-order valence-electron chi connectivity index (χ4n) is 2.95. The summed E-state index contributed by atoms with van der Waals surface area (Å²) < 4.78 is 15.8. The topological polar surface area (TPSA) is 85.9 Å². The fraction of sp³-hybridized carbons (Fsp3) is 0.333. The zero-order chi connectivity index (χ0) is 20.1. The molecule has 1 saturated carbocycles. The summed E-state index contributed by atoms with van der Waals surface area (Å²) in [6.45, 7) is 2.50. The van der Waals surface area contributed by atoms with Gasteiger partial charge in [-0.05, 0) is 49.7 Å². The third-order valence-electron chi connectivity index (χ3n) is 4.56. The van der Waals surface area contributed by atoms with Gasteiger partial charge in [-0.25, -0.2) is 0 Å². The first-order valence-electron chi connectivity index (χ1n) is 9.12. The Morgan fingerprint density at radius 2 is 1.57 bits per heavy atom. The first-order valence-corrected chi connectivity index (χ1v) is 9.12. The summed E-state index contributed by atoms with van der Waals surface area (Å²) in [6, 6.07) is 12.3. The summed E-state index contributed by atoms with van der Waals surface area (Å²) in [5, 5.41) is 5.67. The molecule has 0 bridgehead atoms. The van der Waals surface area contributed by atoms with Gasteiger partial charge < -0.3 is 24.8 Å². The maximum absolute atomic E-state index is 12.5. The van der Waals surface area contributed by atoms with E-state index >= 15 is 0 Å². The molecule has 1 fully saturated rings. The van der Waals surface area contributed by atoms with Crippen LogP contribution in [0.5, 0.6) is 17.2 Å². The summed E-state index contributed by atoms with van der Waals surface area (Å²) in [7, 11) is 3.08. The van der Waals surface area contributed by atoms with Crippen LogP contribution in [0.2, 0.25) is 0 Å². The zero-order valence-corrected chi connectivity index (χ0v) is 16.2. The third-order valence-corrected chi connectivity index (χ3v) is 4.56. The van der Waals surface area contributed by atoms with Crippen LogP contribution in [0, 0.1) is 11.8 Å². The molecule has 28 heavy (non-hydrogen) atoms. The standard InChI is InChI=1S/C21H24N2O5/c1-4-28-14-7-5-13(6-8-14)22-20(24)16-12-17(16)21(25)23-18-11-15(26-2)9-10-19(18)27-3/h5-11,16-17H,4,12H2,1-3H3,(H,22,24)(H,23,25). The molecule has 2 amide bonds. The number of methoxy groups -OCH3 is 2. The second-order valence-electron chi connectivity index (χ2n) is 6.45. The minimum atomic E-state index is -0.362. The van der Waals surface area contributed by atoms with Gasteiger partial charge in [0.1, 0.15) is 17.2 Å². The summed E-state index contributed by atoms with van der Waals surface area (Å²) in [4.78, 5) is 24.9. The maximum atomic E-state index is 12.5. The highest BCUT2D eigenvalue weighted by molar-refractivity contribution is 6.03. The molecule has 2 N–H and O–H groups in total. The number of nitrogens with one attached hydrogen (secondary N) is 2. The van der Waals surface area contributed by atoms with E-state index < -0.39 is 0 Å². The van der Waals surface area contributed by atoms with E-state index in [1.807, 2.05) is 6.92 Å². The molecule has 0 aromatic heterocycles. The van der Waals surface area contributed by atoms with Crippen LogP contribution in [0.3, 0.4) is 0 Å². The Morgan fingerprint density at radius 1 is 0.929 bits per heavy atom. The van der Waals surface area contributed by atoms with Crippen LogP contribution in [-0.2, 0) is 9.59 Å². The molecule has 0 aliphatic heterocycles. The van der Waals surface area contributed by atoms with E-state index in [0.717, 1.165) is 5.75 Å². The van der Waals surface area contributed by atoms with Gasteiger partial charge in [0.15, 0.2) is 0 Å². The van der Waals surface area contributed by atoms with E-state index in [1.165, 1.54) is 7.11 Å². The van der Waals surface area contributed by atoms with E-state index in [2.05, 4.69) is 10.6 Å². The SMILES string of the molecule is CCOc1ccc(NC(=O)C2CC2C(=O)Nc2cc(OC)ccc2OC)cc1. The van der Waals surface area contributed by atoms with E-state index in [9.17, 15) is 9.59 Å². The van der Waals surface area contributed by atoms with Gasteiger partial charge in [0.25, 0.3) is 0 Å². The van der Waals surface area contributed by atoms with Crippen molar-refractivity contribution in [1.82, 2.24) is 0 Å². The summed E-state index contributed by atoms with van der Waals surface area (Å²) >= 11 is 0. The van der Waals surface area contributed by atoms with E-state index in [0.29, 0.717) is 35.9 Å². The van der Waals surface area contributed by atoms with Gasteiger partial charge in [-0.15, -0.1) is 0 Å². The van der Waals surface area contributed by atoms with Crippen molar-refractivity contribution in [2.24, 2.45) is 11.8 Å². The molecule has 0 heterocycles. The Kier molecular flexibility index (Phi) is 6.03. The lowest BCUT2D eigenvalue weighted by atomic mass is 10.2. The summed E-state index contributed by atoms with van der Waals surface area (Å²) in [5.74, 6) is 0.806. The van der Waals surface area contributed by atoms with Crippen molar-refractivity contribution < 1.29 is 23.8 Å². The molecule has 1 aliphatic carbocycles. The van der Waals surface area contributed by atoms with Gasteiger partial charge in [-0.3, -0.25) is 9.59 Å². The highest BCUT2D eigenvalue weighted by Crippen LogP contribution is 2.41. The first kappa shape index (κ1) is 19.5. The highest BCUT2D eigenvalue weighted by Gasteiger charge is 2.48. The maximum Gasteiger partial charge on any atom is 0.228 e. The quantitative estimate of drug-likeness (QED) is 0.729. The molecular formula is C21H24N2O5. The molecule has 0 saturated heterocycles. The fourth-order valence-corrected chi connectivity index (χ4v) is 2.95. The van der Waals surface area contributed by atoms with Crippen molar-refractivity contribution in [2.75, 3.05) is 31.5 Å². The Balaban J connectivity index is 1.57. The molecule has 3 rings (SSSR count). The number of carbonyl (C=O) groups excluding carboxylic acids is 2. The number of benzene rings is 2. The van der Waals surface area contributed by atoms with Gasteiger partial charge in [0.2, 0.25) is 11.8 Å². The van der Waals surface area contributed by atoms with Gasteiger partial charge in [0, 0.05) is 11.8 Å². The number of hydrogen-bond donors (Lipinski definition) is 2. The second-order valence-corrected chi connectivity index (χ2v) is 6.45. The zero-order valence-electron chi connectivity index (χ0n) is 16.2. The molecule has 148 valence electrons. The minimum absolute atomic E-state index is 0.165. The smallest absolute Gasteiger partial charge is 0.228 e. The average molecular weight is 384 g/mol. The highest BCUT2D eigenvalue weighted by atomic mass is 16.5. The van der Waals surface area contributed by atoms with Gasteiger partial charge >= 0.3 is 0 Å². The summed E-state index contributed by atoms with van der Waals surface area (Å²) in [6.07, 6.45) is 0.515.